The molecule has 1 N–H and O–H groups in total. The van der Waals surface area contributed by atoms with Gasteiger partial charge < -0.3 is 10.2 Å². The number of rotatable bonds is 8. The van der Waals surface area contributed by atoms with Crippen LogP contribution in [-0.4, -0.2) is 37.0 Å². The van der Waals surface area contributed by atoms with E-state index in [1.165, 1.54) is 5.69 Å². The van der Waals surface area contributed by atoms with E-state index >= 15 is 0 Å². The lowest BCUT2D eigenvalue weighted by atomic mass is 9.96. The molecule has 5 heteroatoms. The van der Waals surface area contributed by atoms with Crippen LogP contribution in [-0.2, 0) is 17.9 Å². The van der Waals surface area contributed by atoms with E-state index in [9.17, 15) is 4.79 Å². The molecule has 0 radical (unpaired) electrons. The Hall–Kier alpha value is -2.04. The molecule has 1 fully saturated rings. The minimum Gasteiger partial charge on any atom is -0.372 e. The molecule has 2 aromatic carbocycles. The van der Waals surface area contributed by atoms with Gasteiger partial charge in [-0.25, -0.2) is 0 Å². The second-order valence-corrected chi connectivity index (χ2v) is 8.13. The summed E-state index contributed by atoms with van der Waals surface area (Å²) in [5.74, 6) is 0.197. The van der Waals surface area contributed by atoms with Gasteiger partial charge in [0.1, 0.15) is 0 Å². The molecule has 0 saturated carbocycles. The molecule has 1 aliphatic rings. The average molecular weight is 414 g/mol. The number of amides is 1. The SMILES string of the molecule is CCN(CC)c1ccc(CNC(=O)C2CCCN(Cc3ccccc3Cl)C2)cc1. The monoisotopic (exact) mass is 413 g/mol. The second-order valence-electron chi connectivity index (χ2n) is 7.72. The van der Waals surface area contributed by atoms with Crippen LogP contribution in [0.5, 0.6) is 0 Å². The maximum Gasteiger partial charge on any atom is 0.224 e. The number of nitrogens with one attached hydrogen (secondary N) is 1. The zero-order valence-corrected chi connectivity index (χ0v) is 18.3. The molecule has 1 aliphatic heterocycles. The molecule has 0 aromatic heterocycles. The highest BCUT2D eigenvalue weighted by atomic mass is 35.5. The van der Waals surface area contributed by atoms with Gasteiger partial charge in [0.2, 0.25) is 5.91 Å². The van der Waals surface area contributed by atoms with Crippen molar-refractivity contribution in [1.82, 2.24) is 10.2 Å². The molecule has 156 valence electrons. The number of benzene rings is 2. The molecule has 29 heavy (non-hydrogen) atoms. The minimum absolute atomic E-state index is 0.0428. The summed E-state index contributed by atoms with van der Waals surface area (Å²) in [6.07, 6.45) is 1.99. The van der Waals surface area contributed by atoms with Gasteiger partial charge in [-0.05, 0) is 62.6 Å². The summed E-state index contributed by atoms with van der Waals surface area (Å²) in [5.41, 5.74) is 3.49. The Morgan fingerprint density at radius 1 is 1.14 bits per heavy atom. The summed E-state index contributed by atoms with van der Waals surface area (Å²) in [5, 5.41) is 3.93. The van der Waals surface area contributed by atoms with Crippen molar-refractivity contribution in [1.29, 1.82) is 0 Å². The molecule has 4 nitrogen and oxygen atoms in total. The average Bonchev–Trinajstić information content (AvgIpc) is 2.75. The first-order valence-corrected chi connectivity index (χ1v) is 11.1. The lowest BCUT2D eigenvalue weighted by molar-refractivity contribution is -0.126. The maximum atomic E-state index is 12.7. The largest absolute Gasteiger partial charge is 0.372 e. The number of carbonyl (C=O) groups excluding carboxylic acids is 1. The number of piperidine rings is 1. The summed E-state index contributed by atoms with van der Waals surface area (Å²) >= 11 is 6.30. The van der Waals surface area contributed by atoms with Crippen LogP contribution >= 0.6 is 11.6 Å². The van der Waals surface area contributed by atoms with E-state index in [2.05, 4.69) is 59.3 Å². The lowest BCUT2D eigenvalue weighted by Crippen LogP contribution is -2.42. The fourth-order valence-electron chi connectivity index (χ4n) is 4.03. The number of hydrogen-bond acceptors (Lipinski definition) is 3. The van der Waals surface area contributed by atoms with Crippen LogP contribution in [0.25, 0.3) is 0 Å². The summed E-state index contributed by atoms with van der Waals surface area (Å²) in [6, 6.07) is 16.5. The molecule has 1 atom stereocenters. The van der Waals surface area contributed by atoms with E-state index in [-0.39, 0.29) is 11.8 Å². The predicted molar refractivity (Wildman–Crippen MR) is 121 cm³/mol. The fourth-order valence-corrected chi connectivity index (χ4v) is 4.22. The highest BCUT2D eigenvalue weighted by Crippen LogP contribution is 2.22. The molecule has 1 heterocycles. The van der Waals surface area contributed by atoms with E-state index in [1.807, 2.05) is 18.2 Å². The Bertz CT molecular complexity index is 789. The van der Waals surface area contributed by atoms with E-state index in [0.29, 0.717) is 6.54 Å². The minimum atomic E-state index is 0.0428. The summed E-state index contributed by atoms with van der Waals surface area (Å²) in [4.78, 5) is 17.4. The Labute approximate surface area is 179 Å². The van der Waals surface area contributed by atoms with E-state index in [0.717, 1.165) is 61.7 Å². The molecule has 0 spiro atoms. The van der Waals surface area contributed by atoms with Crippen molar-refractivity contribution in [2.75, 3.05) is 31.1 Å². The van der Waals surface area contributed by atoms with Crippen LogP contribution in [0.2, 0.25) is 5.02 Å². The molecule has 1 unspecified atom stereocenters. The van der Waals surface area contributed by atoms with Crippen LogP contribution in [0.15, 0.2) is 48.5 Å². The molecule has 2 aromatic rings. The summed E-state index contributed by atoms with van der Waals surface area (Å²) in [7, 11) is 0. The Kier molecular flexibility index (Phi) is 7.96. The van der Waals surface area contributed by atoms with Gasteiger partial charge in [0.05, 0.1) is 5.92 Å². The van der Waals surface area contributed by atoms with Gasteiger partial charge in [-0.1, -0.05) is 41.9 Å². The van der Waals surface area contributed by atoms with Crippen LogP contribution in [0.1, 0.15) is 37.8 Å². The van der Waals surface area contributed by atoms with Gasteiger partial charge in [0, 0.05) is 43.4 Å². The molecule has 3 rings (SSSR count). The van der Waals surface area contributed by atoms with Crippen LogP contribution in [0.3, 0.4) is 0 Å². The Morgan fingerprint density at radius 3 is 2.55 bits per heavy atom. The van der Waals surface area contributed by atoms with Crippen molar-refractivity contribution in [2.24, 2.45) is 5.92 Å². The second kappa shape index (κ2) is 10.7. The molecular formula is C24H32ClN3O. The standard InChI is InChI=1S/C24H32ClN3O/c1-3-28(4-2)22-13-11-19(12-14-22)16-26-24(29)21-9-7-15-27(18-21)17-20-8-5-6-10-23(20)25/h5-6,8,10-14,21H,3-4,7,9,15-18H2,1-2H3,(H,26,29). The number of nitrogens with zero attached hydrogens (tertiary/aromatic N) is 2. The van der Waals surface area contributed by atoms with E-state index in [1.54, 1.807) is 0 Å². The molecule has 1 amide bonds. The van der Waals surface area contributed by atoms with Crippen molar-refractivity contribution in [3.8, 4) is 0 Å². The van der Waals surface area contributed by atoms with Crippen LogP contribution in [0, 0.1) is 5.92 Å². The van der Waals surface area contributed by atoms with E-state index in [4.69, 9.17) is 11.6 Å². The fraction of sp³-hybridized carbons (Fsp3) is 0.458. The Balaban J connectivity index is 1.50. The van der Waals surface area contributed by atoms with Crippen LogP contribution < -0.4 is 10.2 Å². The van der Waals surface area contributed by atoms with Crippen molar-refractivity contribution < 1.29 is 4.79 Å². The number of halogens is 1. The molecule has 0 bridgehead atoms. The lowest BCUT2D eigenvalue weighted by Gasteiger charge is -2.32. The smallest absolute Gasteiger partial charge is 0.224 e. The molecule has 1 saturated heterocycles. The van der Waals surface area contributed by atoms with E-state index < -0.39 is 0 Å². The number of anilines is 1. The quantitative estimate of drug-likeness (QED) is 0.680. The topological polar surface area (TPSA) is 35.6 Å². The highest BCUT2D eigenvalue weighted by molar-refractivity contribution is 6.31. The first kappa shape index (κ1) is 21.7. The summed E-state index contributed by atoms with van der Waals surface area (Å²) in [6.45, 7) is 9.51. The van der Waals surface area contributed by atoms with Gasteiger partial charge in [-0.3, -0.25) is 9.69 Å². The maximum absolute atomic E-state index is 12.7. The number of carbonyl (C=O) groups is 1. The molecule has 0 aliphatic carbocycles. The van der Waals surface area contributed by atoms with Crippen molar-refractivity contribution in [3.63, 3.8) is 0 Å². The highest BCUT2D eigenvalue weighted by Gasteiger charge is 2.25. The van der Waals surface area contributed by atoms with Gasteiger partial charge >= 0.3 is 0 Å². The van der Waals surface area contributed by atoms with Gasteiger partial charge in [0.15, 0.2) is 0 Å². The zero-order chi connectivity index (χ0) is 20.6. The third kappa shape index (κ3) is 5.97. The first-order chi connectivity index (χ1) is 14.1. The van der Waals surface area contributed by atoms with Crippen molar-refractivity contribution >= 4 is 23.2 Å². The van der Waals surface area contributed by atoms with Crippen molar-refractivity contribution in [2.45, 2.75) is 39.8 Å². The number of hydrogen-bond donors (Lipinski definition) is 1. The molecular weight excluding hydrogens is 382 g/mol. The third-order valence-electron chi connectivity index (χ3n) is 5.76. The normalized spacial score (nSPS) is 17.1. The van der Waals surface area contributed by atoms with Gasteiger partial charge in [0.25, 0.3) is 0 Å². The Morgan fingerprint density at radius 2 is 1.86 bits per heavy atom. The predicted octanol–water partition coefficient (Wildman–Crippen LogP) is 4.71. The summed E-state index contributed by atoms with van der Waals surface area (Å²) < 4.78 is 0. The zero-order valence-electron chi connectivity index (χ0n) is 17.5. The number of likely N-dealkylation sites (tertiary alicyclic amines) is 1. The van der Waals surface area contributed by atoms with Gasteiger partial charge in [-0.15, -0.1) is 0 Å². The van der Waals surface area contributed by atoms with Crippen molar-refractivity contribution in [3.05, 3.63) is 64.7 Å². The first-order valence-electron chi connectivity index (χ1n) is 10.7. The van der Waals surface area contributed by atoms with Gasteiger partial charge in [-0.2, -0.15) is 0 Å². The van der Waals surface area contributed by atoms with Crippen LogP contribution in [0.4, 0.5) is 5.69 Å². The third-order valence-corrected chi connectivity index (χ3v) is 6.13.